The van der Waals surface area contributed by atoms with E-state index in [2.05, 4.69) is 50.9 Å². The number of benzene rings is 1. The van der Waals surface area contributed by atoms with Gasteiger partial charge < -0.3 is 4.74 Å². The van der Waals surface area contributed by atoms with Gasteiger partial charge in [-0.1, -0.05) is 51.6 Å². The van der Waals surface area contributed by atoms with Crippen molar-refractivity contribution in [1.82, 2.24) is 0 Å². The minimum Gasteiger partial charge on any atom is -0.494 e. The van der Waals surface area contributed by atoms with Crippen LogP contribution in [0, 0.1) is 11.8 Å². The van der Waals surface area contributed by atoms with Gasteiger partial charge in [0, 0.05) is 14.9 Å². The molecule has 3 atom stereocenters. The molecule has 0 bridgehead atoms. The molecule has 0 radical (unpaired) electrons. The monoisotopic (exact) mass is 374 g/mol. The predicted molar refractivity (Wildman–Crippen MR) is 83.5 cm³/mol. The van der Waals surface area contributed by atoms with Crippen LogP contribution in [-0.2, 0) is 0 Å². The lowest BCUT2D eigenvalue weighted by atomic mass is 9.90. The lowest BCUT2D eigenvalue weighted by molar-refractivity contribution is 0.330. The molecule has 0 aromatic heterocycles. The SMILES string of the molecule is CCOc1ccc(Br)cc1C(Br)C1CCCC1C. The second kappa shape index (κ2) is 6.42. The number of alkyl halides is 1. The predicted octanol–water partition coefficient (Wildman–Crippen LogP) is 5.72. The topological polar surface area (TPSA) is 9.23 Å². The minimum absolute atomic E-state index is 0.397. The summed E-state index contributed by atoms with van der Waals surface area (Å²) in [7, 11) is 0. The number of halogens is 2. The summed E-state index contributed by atoms with van der Waals surface area (Å²) >= 11 is 7.47. The zero-order valence-corrected chi connectivity index (χ0v) is 14.1. The normalized spacial score (nSPS) is 25.1. The fraction of sp³-hybridized carbons (Fsp3) is 0.600. The standard InChI is InChI=1S/C15H20Br2O/c1-3-18-14-8-7-11(16)9-13(14)15(17)12-6-4-5-10(12)2/h7-10,12,15H,3-6H2,1-2H3. The van der Waals surface area contributed by atoms with Crippen molar-refractivity contribution in [3.05, 3.63) is 28.2 Å². The van der Waals surface area contributed by atoms with E-state index in [1.54, 1.807) is 0 Å². The quantitative estimate of drug-likeness (QED) is 0.611. The van der Waals surface area contributed by atoms with E-state index in [0.29, 0.717) is 11.4 Å². The largest absolute Gasteiger partial charge is 0.494 e. The van der Waals surface area contributed by atoms with Crippen molar-refractivity contribution in [2.75, 3.05) is 6.61 Å². The van der Waals surface area contributed by atoms with E-state index in [0.717, 1.165) is 22.1 Å². The first-order chi connectivity index (χ1) is 8.63. The number of ether oxygens (including phenoxy) is 1. The zero-order chi connectivity index (χ0) is 13.1. The molecule has 3 heteroatoms. The van der Waals surface area contributed by atoms with Crippen molar-refractivity contribution in [2.45, 2.75) is 37.9 Å². The highest BCUT2D eigenvalue weighted by atomic mass is 79.9. The molecule has 0 saturated heterocycles. The maximum absolute atomic E-state index is 5.76. The van der Waals surface area contributed by atoms with Gasteiger partial charge in [0.2, 0.25) is 0 Å². The van der Waals surface area contributed by atoms with Gasteiger partial charge in [0.15, 0.2) is 0 Å². The zero-order valence-electron chi connectivity index (χ0n) is 11.0. The van der Waals surface area contributed by atoms with E-state index in [1.165, 1.54) is 24.8 Å². The summed E-state index contributed by atoms with van der Waals surface area (Å²) in [6.07, 6.45) is 4.02. The van der Waals surface area contributed by atoms with E-state index >= 15 is 0 Å². The molecule has 100 valence electrons. The van der Waals surface area contributed by atoms with Crippen LogP contribution in [0.3, 0.4) is 0 Å². The molecule has 1 nitrogen and oxygen atoms in total. The van der Waals surface area contributed by atoms with E-state index < -0.39 is 0 Å². The molecule has 1 aromatic rings. The summed E-state index contributed by atoms with van der Waals surface area (Å²) in [6, 6.07) is 6.30. The molecule has 1 fully saturated rings. The smallest absolute Gasteiger partial charge is 0.123 e. The van der Waals surface area contributed by atoms with E-state index in [4.69, 9.17) is 4.74 Å². The van der Waals surface area contributed by atoms with Crippen molar-refractivity contribution < 1.29 is 4.74 Å². The van der Waals surface area contributed by atoms with Crippen molar-refractivity contribution in [3.63, 3.8) is 0 Å². The fourth-order valence-corrected chi connectivity index (χ4v) is 4.38. The van der Waals surface area contributed by atoms with Gasteiger partial charge >= 0.3 is 0 Å². The van der Waals surface area contributed by atoms with Gasteiger partial charge in [0.1, 0.15) is 5.75 Å². The average Bonchev–Trinajstić information content (AvgIpc) is 2.77. The number of hydrogen-bond donors (Lipinski definition) is 0. The van der Waals surface area contributed by atoms with Crippen molar-refractivity contribution in [3.8, 4) is 5.75 Å². The van der Waals surface area contributed by atoms with Gasteiger partial charge in [-0.05, 0) is 43.4 Å². The molecule has 1 aromatic carbocycles. The lowest BCUT2D eigenvalue weighted by Gasteiger charge is -2.24. The summed E-state index contributed by atoms with van der Waals surface area (Å²) in [5.41, 5.74) is 1.28. The van der Waals surface area contributed by atoms with Crippen LogP contribution in [0.25, 0.3) is 0 Å². The Balaban J connectivity index is 2.27. The van der Waals surface area contributed by atoms with Gasteiger partial charge in [-0.3, -0.25) is 0 Å². The summed E-state index contributed by atoms with van der Waals surface area (Å²) in [6.45, 7) is 5.12. The molecule has 3 unspecified atom stereocenters. The van der Waals surface area contributed by atoms with Crippen molar-refractivity contribution in [2.24, 2.45) is 11.8 Å². The molecule has 1 aliphatic carbocycles. The van der Waals surface area contributed by atoms with Crippen LogP contribution in [0.15, 0.2) is 22.7 Å². The van der Waals surface area contributed by atoms with Crippen molar-refractivity contribution in [1.29, 1.82) is 0 Å². The Labute approximate surface area is 127 Å². The third-order valence-corrected chi connectivity index (χ3v) is 5.54. The van der Waals surface area contributed by atoms with Gasteiger partial charge in [-0.25, -0.2) is 0 Å². The maximum atomic E-state index is 5.76. The first-order valence-corrected chi connectivity index (χ1v) is 8.40. The van der Waals surface area contributed by atoms with Gasteiger partial charge in [-0.15, -0.1) is 0 Å². The number of hydrogen-bond acceptors (Lipinski definition) is 1. The summed E-state index contributed by atoms with van der Waals surface area (Å²) in [5.74, 6) is 2.53. The third kappa shape index (κ3) is 3.11. The molecule has 1 aliphatic rings. The van der Waals surface area contributed by atoms with Crippen LogP contribution >= 0.6 is 31.9 Å². The molecule has 2 rings (SSSR count). The molecule has 0 spiro atoms. The molecule has 0 amide bonds. The Bertz CT molecular complexity index is 405. The van der Waals surface area contributed by atoms with Gasteiger partial charge in [0.25, 0.3) is 0 Å². The van der Waals surface area contributed by atoms with Crippen LogP contribution in [0.5, 0.6) is 5.75 Å². The van der Waals surface area contributed by atoms with E-state index in [9.17, 15) is 0 Å². The van der Waals surface area contributed by atoms with Gasteiger partial charge in [0.05, 0.1) is 6.61 Å². The molecule has 1 saturated carbocycles. The fourth-order valence-electron chi connectivity index (χ4n) is 2.86. The van der Waals surface area contributed by atoms with E-state index in [-0.39, 0.29) is 0 Å². The molecular weight excluding hydrogens is 356 g/mol. The van der Waals surface area contributed by atoms with Gasteiger partial charge in [-0.2, -0.15) is 0 Å². The molecular formula is C15H20Br2O. The molecule has 0 N–H and O–H groups in total. The first kappa shape index (κ1) is 14.4. The highest BCUT2D eigenvalue weighted by Crippen LogP contribution is 2.47. The Kier molecular flexibility index (Phi) is 5.14. The lowest BCUT2D eigenvalue weighted by Crippen LogP contribution is -2.12. The molecule has 0 heterocycles. The van der Waals surface area contributed by atoms with Crippen molar-refractivity contribution >= 4 is 31.9 Å². The highest BCUT2D eigenvalue weighted by Gasteiger charge is 2.31. The molecule has 0 aliphatic heterocycles. The van der Waals surface area contributed by atoms with Crippen LogP contribution < -0.4 is 4.74 Å². The summed E-state index contributed by atoms with van der Waals surface area (Å²) in [5, 5.41) is 0. The third-order valence-electron chi connectivity index (χ3n) is 3.87. The van der Waals surface area contributed by atoms with Crippen LogP contribution in [0.4, 0.5) is 0 Å². The summed E-state index contributed by atoms with van der Waals surface area (Å²) in [4.78, 5) is 0.397. The Morgan fingerprint density at radius 2 is 2.17 bits per heavy atom. The minimum atomic E-state index is 0.397. The first-order valence-electron chi connectivity index (χ1n) is 6.69. The molecule has 18 heavy (non-hydrogen) atoms. The van der Waals surface area contributed by atoms with Crippen LogP contribution in [0.2, 0.25) is 0 Å². The second-order valence-electron chi connectivity index (χ2n) is 5.09. The Hall–Kier alpha value is -0.0200. The summed E-state index contributed by atoms with van der Waals surface area (Å²) < 4.78 is 6.88. The Morgan fingerprint density at radius 3 is 2.78 bits per heavy atom. The van der Waals surface area contributed by atoms with Crippen LogP contribution in [0.1, 0.15) is 43.5 Å². The second-order valence-corrected chi connectivity index (χ2v) is 6.99. The van der Waals surface area contributed by atoms with Crippen LogP contribution in [-0.4, -0.2) is 6.61 Å². The highest BCUT2D eigenvalue weighted by molar-refractivity contribution is 9.10. The number of rotatable bonds is 4. The maximum Gasteiger partial charge on any atom is 0.123 e. The van der Waals surface area contributed by atoms with E-state index in [1.807, 2.05) is 13.0 Å². The Morgan fingerprint density at radius 1 is 1.39 bits per heavy atom. The average molecular weight is 376 g/mol.